The molecule has 4 nitrogen and oxygen atoms in total. The lowest BCUT2D eigenvalue weighted by molar-refractivity contribution is 0.381. The lowest BCUT2D eigenvalue weighted by atomic mass is 9.87. The minimum atomic E-state index is -4.67. The van der Waals surface area contributed by atoms with Gasteiger partial charge in [0.2, 0.25) is 0 Å². The minimum absolute atomic E-state index is 1.25. The first-order valence-electron chi connectivity index (χ1n) is 10.0. The largest absolute Gasteiger partial charge is 0.394 e. The zero-order valence-corrected chi connectivity index (χ0v) is 17.7. The average Bonchev–Trinajstić information content (AvgIpc) is 2.61. The molecule has 0 aliphatic rings. The van der Waals surface area contributed by atoms with Crippen LogP contribution in [0.4, 0.5) is 0 Å². The highest BCUT2D eigenvalue weighted by molar-refractivity contribution is 7.79. The van der Waals surface area contributed by atoms with Gasteiger partial charge in [0.05, 0.1) is 0 Å². The molecule has 0 amide bonds. The fraction of sp³-hybridized carbons (Fsp3) is 0.545. The SMILES string of the molecule is CCCCc1cc2ccccc2c(CCCC)c1CCCC.O=S(=O)(O)O. The summed E-state index contributed by atoms with van der Waals surface area (Å²) in [7, 11) is -4.67. The van der Waals surface area contributed by atoms with Crippen molar-refractivity contribution in [2.45, 2.75) is 78.6 Å². The third-order valence-electron chi connectivity index (χ3n) is 4.73. The van der Waals surface area contributed by atoms with E-state index in [9.17, 15) is 0 Å². The molecule has 0 saturated carbocycles. The maximum atomic E-state index is 8.74. The molecule has 152 valence electrons. The monoisotopic (exact) mass is 394 g/mol. The van der Waals surface area contributed by atoms with Crippen molar-refractivity contribution in [3.8, 4) is 0 Å². The lowest BCUT2D eigenvalue weighted by Crippen LogP contribution is -2.03. The number of unbranched alkanes of at least 4 members (excludes halogenated alkanes) is 3. The van der Waals surface area contributed by atoms with Crippen LogP contribution in [0.15, 0.2) is 30.3 Å². The second-order valence-electron chi connectivity index (χ2n) is 6.97. The van der Waals surface area contributed by atoms with E-state index in [-0.39, 0.29) is 0 Å². The van der Waals surface area contributed by atoms with Crippen LogP contribution in [0.1, 0.15) is 76.0 Å². The van der Waals surface area contributed by atoms with Crippen molar-refractivity contribution in [2.24, 2.45) is 0 Å². The van der Waals surface area contributed by atoms with Crippen LogP contribution in [0.25, 0.3) is 10.8 Å². The molecule has 2 rings (SSSR count). The van der Waals surface area contributed by atoms with Gasteiger partial charge in [0, 0.05) is 0 Å². The Kier molecular flexibility index (Phi) is 10.6. The van der Waals surface area contributed by atoms with Crippen LogP contribution in [0.3, 0.4) is 0 Å². The lowest BCUT2D eigenvalue weighted by Gasteiger charge is -2.18. The average molecular weight is 395 g/mol. The summed E-state index contributed by atoms with van der Waals surface area (Å²) in [4.78, 5) is 0. The Balaban J connectivity index is 0.000000646. The summed E-state index contributed by atoms with van der Waals surface area (Å²) in [5.74, 6) is 0. The quantitative estimate of drug-likeness (QED) is 0.495. The van der Waals surface area contributed by atoms with Crippen molar-refractivity contribution in [2.75, 3.05) is 0 Å². The molecule has 0 atom stereocenters. The molecule has 0 spiro atoms. The van der Waals surface area contributed by atoms with E-state index in [1.165, 1.54) is 68.6 Å². The Morgan fingerprint density at radius 3 is 1.81 bits per heavy atom. The molecule has 0 aromatic heterocycles. The van der Waals surface area contributed by atoms with E-state index in [1.54, 1.807) is 16.7 Å². The second kappa shape index (κ2) is 12.1. The number of rotatable bonds is 9. The zero-order valence-electron chi connectivity index (χ0n) is 16.9. The predicted molar refractivity (Wildman–Crippen MR) is 114 cm³/mol. The van der Waals surface area contributed by atoms with Crippen LogP contribution in [-0.2, 0) is 29.7 Å². The number of benzene rings is 2. The Morgan fingerprint density at radius 1 is 0.778 bits per heavy atom. The van der Waals surface area contributed by atoms with Gasteiger partial charge in [0.25, 0.3) is 0 Å². The van der Waals surface area contributed by atoms with E-state index in [1.807, 2.05) is 0 Å². The highest BCUT2D eigenvalue weighted by Crippen LogP contribution is 2.30. The standard InChI is InChI=1S/C22H32.H2O4S/c1-4-7-12-18-17-19-13-10-11-16-21(19)22(15-9-6-3)20(18)14-8-5-2;1-5(2,3)4/h10-11,13,16-17H,4-9,12,14-15H2,1-3H3;(H2,1,2,3,4). The topological polar surface area (TPSA) is 74.6 Å². The normalized spacial score (nSPS) is 11.3. The van der Waals surface area contributed by atoms with Gasteiger partial charge in [0.15, 0.2) is 0 Å². The molecule has 2 aromatic rings. The van der Waals surface area contributed by atoms with Gasteiger partial charge in [-0.25, -0.2) is 0 Å². The molecule has 0 aliphatic carbocycles. The van der Waals surface area contributed by atoms with Crippen LogP contribution in [0, 0.1) is 0 Å². The first-order valence-corrected chi connectivity index (χ1v) is 11.4. The Hall–Kier alpha value is -1.43. The van der Waals surface area contributed by atoms with Gasteiger partial charge in [-0.2, -0.15) is 8.42 Å². The maximum absolute atomic E-state index is 8.74. The first kappa shape index (κ1) is 23.6. The highest BCUT2D eigenvalue weighted by atomic mass is 32.3. The Morgan fingerprint density at radius 2 is 1.26 bits per heavy atom. The first-order chi connectivity index (χ1) is 12.8. The van der Waals surface area contributed by atoms with Crippen molar-refractivity contribution in [3.63, 3.8) is 0 Å². The maximum Gasteiger partial charge on any atom is 0.394 e. The summed E-state index contributed by atoms with van der Waals surface area (Å²) in [5, 5.41) is 2.95. The van der Waals surface area contributed by atoms with Crippen molar-refractivity contribution in [3.05, 3.63) is 47.0 Å². The van der Waals surface area contributed by atoms with Gasteiger partial charge in [-0.15, -0.1) is 0 Å². The van der Waals surface area contributed by atoms with E-state index in [2.05, 4.69) is 51.1 Å². The van der Waals surface area contributed by atoms with Gasteiger partial charge in [-0.3, -0.25) is 9.11 Å². The summed E-state index contributed by atoms with van der Waals surface area (Å²) in [6.45, 7) is 6.90. The molecule has 2 N–H and O–H groups in total. The van der Waals surface area contributed by atoms with Gasteiger partial charge >= 0.3 is 10.4 Å². The number of hydrogen-bond donors (Lipinski definition) is 2. The highest BCUT2D eigenvalue weighted by Gasteiger charge is 2.12. The fourth-order valence-corrected chi connectivity index (χ4v) is 3.42. The summed E-state index contributed by atoms with van der Waals surface area (Å²) >= 11 is 0. The van der Waals surface area contributed by atoms with Crippen molar-refractivity contribution in [1.82, 2.24) is 0 Å². The van der Waals surface area contributed by atoms with Crippen molar-refractivity contribution < 1.29 is 17.5 Å². The second-order valence-corrected chi connectivity index (χ2v) is 7.87. The smallest absolute Gasteiger partial charge is 0.264 e. The molecule has 0 saturated heterocycles. The summed E-state index contributed by atoms with van der Waals surface area (Å²) in [6.07, 6.45) is 11.5. The zero-order chi connectivity index (χ0) is 20.3. The molecule has 2 aromatic carbocycles. The Bertz CT molecular complexity index is 789. The molecule has 0 unspecified atom stereocenters. The van der Waals surface area contributed by atoms with Crippen LogP contribution in [0.5, 0.6) is 0 Å². The number of aryl methyl sites for hydroxylation is 2. The van der Waals surface area contributed by atoms with Crippen LogP contribution in [-0.4, -0.2) is 17.5 Å². The molecular formula is C22H34O4S. The van der Waals surface area contributed by atoms with Gasteiger partial charge in [0.1, 0.15) is 0 Å². The third-order valence-corrected chi connectivity index (χ3v) is 4.73. The van der Waals surface area contributed by atoms with E-state index < -0.39 is 10.4 Å². The van der Waals surface area contributed by atoms with E-state index in [0.29, 0.717) is 0 Å². The van der Waals surface area contributed by atoms with Crippen LogP contribution in [0.2, 0.25) is 0 Å². The van der Waals surface area contributed by atoms with Crippen LogP contribution >= 0.6 is 0 Å². The fourth-order valence-electron chi connectivity index (χ4n) is 3.42. The molecule has 0 radical (unpaired) electrons. The van der Waals surface area contributed by atoms with Gasteiger partial charge in [-0.05, 0) is 66.0 Å². The Labute approximate surface area is 164 Å². The molecule has 0 bridgehead atoms. The van der Waals surface area contributed by atoms with E-state index in [4.69, 9.17) is 17.5 Å². The van der Waals surface area contributed by atoms with Gasteiger partial charge < -0.3 is 0 Å². The molecule has 0 fully saturated rings. The molecular weight excluding hydrogens is 360 g/mol. The molecule has 0 aliphatic heterocycles. The summed E-state index contributed by atoms with van der Waals surface area (Å²) < 4.78 is 31.6. The predicted octanol–water partition coefficient (Wildman–Crippen LogP) is 6.21. The molecule has 5 heteroatoms. The van der Waals surface area contributed by atoms with E-state index >= 15 is 0 Å². The minimum Gasteiger partial charge on any atom is -0.264 e. The summed E-state index contributed by atoms with van der Waals surface area (Å²) in [5.41, 5.74) is 4.96. The van der Waals surface area contributed by atoms with Gasteiger partial charge in [-0.1, -0.05) is 70.4 Å². The molecule has 27 heavy (non-hydrogen) atoms. The van der Waals surface area contributed by atoms with E-state index in [0.717, 1.165) is 0 Å². The van der Waals surface area contributed by atoms with Crippen molar-refractivity contribution >= 4 is 21.2 Å². The summed E-state index contributed by atoms with van der Waals surface area (Å²) in [6, 6.07) is 11.5. The third kappa shape index (κ3) is 8.87. The molecule has 0 heterocycles. The number of fused-ring (bicyclic) bond motifs is 1. The van der Waals surface area contributed by atoms with Crippen molar-refractivity contribution in [1.29, 1.82) is 0 Å². The van der Waals surface area contributed by atoms with Crippen LogP contribution < -0.4 is 0 Å². The number of hydrogen-bond acceptors (Lipinski definition) is 2.